The first-order valence-electron chi connectivity index (χ1n) is 8.74. The van der Waals surface area contributed by atoms with Gasteiger partial charge in [0.2, 0.25) is 0 Å². The van der Waals surface area contributed by atoms with Gasteiger partial charge in [-0.2, -0.15) is 0 Å². The van der Waals surface area contributed by atoms with Gasteiger partial charge in [0.25, 0.3) is 5.91 Å². The molecule has 0 bridgehead atoms. The van der Waals surface area contributed by atoms with Crippen LogP contribution in [0, 0.1) is 0 Å². The molecule has 1 aliphatic heterocycles. The van der Waals surface area contributed by atoms with E-state index in [0.29, 0.717) is 11.4 Å². The Morgan fingerprint density at radius 2 is 1.93 bits per heavy atom. The van der Waals surface area contributed by atoms with Crippen LogP contribution in [0.4, 0.5) is 17.1 Å². The molecule has 6 nitrogen and oxygen atoms in total. The summed E-state index contributed by atoms with van der Waals surface area (Å²) in [4.78, 5) is 19.2. The number of hydrogen-bond donors (Lipinski definition) is 2. The summed E-state index contributed by atoms with van der Waals surface area (Å²) in [7, 11) is 0. The zero-order valence-corrected chi connectivity index (χ0v) is 15.5. The third kappa shape index (κ3) is 4.10. The summed E-state index contributed by atoms with van der Waals surface area (Å²) in [5.74, 6) is -0.222. The van der Waals surface area contributed by atoms with Crippen LogP contribution < -0.4 is 16.0 Å². The molecule has 1 fully saturated rings. The quantitative estimate of drug-likeness (QED) is 0.678. The first-order valence-corrected chi connectivity index (χ1v) is 9.62. The van der Waals surface area contributed by atoms with Gasteiger partial charge < -0.3 is 20.7 Å². The average Bonchev–Trinajstić information content (AvgIpc) is 3.20. The van der Waals surface area contributed by atoms with Crippen LogP contribution in [0.1, 0.15) is 10.5 Å². The van der Waals surface area contributed by atoms with Gasteiger partial charge >= 0.3 is 0 Å². The Kier molecular flexibility index (Phi) is 5.04. The molecule has 0 aliphatic carbocycles. The Morgan fingerprint density at radius 1 is 1.15 bits per heavy atom. The van der Waals surface area contributed by atoms with Gasteiger partial charge in [0, 0.05) is 41.1 Å². The highest BCUT2D eigenvalue weighted by Crippen LogP contribution is 2.26. The number of amides is 1. The molecular weight excluding hydrogens is 360 g/mol. The summed E-state index contributed by atoms with van der Waals surface area (Å²) in [6, 6.07) is 15.3. The van der Waals surface area contributed by atoms with Gasteiger partial charge in [-0.05, 0) is 36.4 Å². The largest absolute Gasteiger partial charge is 0.399 e. The average molecular weight is 380 g/mol. The zero-order chi connectivity index (χ0) is 18.6. The fourth-order valence-corrected chi connectivity index (χ4v) is 3.75. The first-order chi connectivity index (χ1) is 13.2. The number of nitrogens with one attached hydrogen (secondary N) is 1. The molecule has 1 aliphatic rings. The molecule has 0 radical (unpaired) electrons. The third-order valence-corrected chi connectivity index (χ3v) is 5.26. The van der Waals surface area contributed by atoms with Crippen LogP contribution in [0.25, 0.3) is 10.6 Å². The van der Waals surface area contributed by atoms with Gasteiger partial charge in [0.15, 0.2) is 0 Å². The standard InChI is InChI=1S/C20H20N4O2S/c21-15-3-1-2-14(12-15)20-23-18(13-27-20)19(25)22-16-4-6-17(7-5-16)24-8-10-26-11-9-24/h1-7,12-13H,8-11,21H2,(H,22,25). The molecule has 1 saturated heterocycles. The van der Waals surface area contributed by atoms with Gasteiger partial charge in [0.1, 0.15) is 10.7 Å². The van der Waals surface area contributed by atoms with E-state index < -0.39 is 0 Å². The number of nitrogens with two attached hydrogens (primary N) is 1. The molecule has 2 aromatic carbocycles. The SMILES string of the molecule is Nc1cccc(-c2nc(C(=O)Nc3ccc(N4CCOCC4)cc3)cs2)c1. The van der Waals surface area contributed by atoms with Crippen molar-refractivity contribution >= 4 is 34.3 Å². The van der Waals surface area contributed by atoms with Crippen molar-refractivity contribution in [3.8, 4) is 10.6 Å². The Hall–Kier alpha value is -2.90. The highest BCUT2D eigenvalue weighted by atomic mass is 32.1. The van der Waals surface area contributed by atoms with E-state index in [0.717, 1.165) is 48.2 Å². The lowest BCUT2D eigenvalue weighted by Crippen LogP contribution is -2.36. The second-order valence-corrected chi connectivity index (χ2v) is 7.12. The first kappa shape index (κ1) is 17.5. The molecule has 3 N–H and O–H groups in total. The van der Waals surface area contributed by atoms with E-state index in [1.807, 2.05) is 48.5 Å². The van der Waals surface area contributed by atoms with Gasteiger partial charge in [-0.3, -0.25) is 4.79 Å². The molecular formula is C20H20N4O2S. The lowest BCUT2D eigenvalue weighted by atomic mass is 10.2. The minimum absolute atomic E-state index is 0.222. The highest BCUT2D eigenvalue weighted by Gasteiger charge is 2.14. The number of rotatable bonds is 4. The van der Waals surface area contributed by atoms with Crippen LogP contribution in [0.2, 0.25) is 0 Å². The van der Waals surface area contributed by atoms with E-state index in [1.165, 1.54) is 11.3 Å². The second-order valence-electron chi connectivity index (χ2n) is 6.26. The lowest BCUT2D eigenvalue weighted by molar-refractivity contribution is 0.102. The van der Waals surface area contributed by atoms with E-state index in [-0.39, 0.29) is 5.91 Å². The highest BCUT2D eigenvalue weighted by molar-refractivity contribution is 7.13. The van der Waals surface area contributed by atoms with Gasteiger partial charge in [0.05, 0.1) is 13.2 Å². The monoisotopic (exact) mass is 380 g/mol. The summed E-state index contributed by atoms with van der Waals surface area (Å²) in [6.07, 6.45) is 0. The Bertz CT molecular complexity index is 933. The van der Waals surface area contributed by atoms with Crippen molar-refractivity contribution < 1.29 is 9.53 Å². The van der Waals surface area contributed by atoms with E-state index in [4.69, 9.17) is 10.5 Å². The van der Waals surface area contributed by atoms with Crippen molar-refractivity contribution in [3.05, 3.63) is 59.6 Å². The minimum atomic E-state index is -0.222. The number of ether oxygens (including phenoxy) is 1. The second kappa shape index (κ2) is 7.77. The van der Waals surface area contributed by atoms with Crippen LogP contribution in [0.3, 0.4) is 0 Å². The molecule has 2 heterocycles. The van der Waals surface area contributed by atoms with Gasteiger partial charge in [-0.15, -0.1) is 11.3 Å². The molecule has 0 unspecified atom stereocenters. The van der Waals surface area contributed by atoms with Crippen molar-refractivity contribution in [1.82, 2.24) is 4.98 Å². The summed E-state index contributed by atoms with van der Waals surface area (Å²) in [5.41, 5.74) is 9.68. The van der Waals surface area contributed by atoms with Crippen molar-refractivity contribution in [2.75, 3.05) is 42.3 Å². The van der Waals surface area contributed by atoms with Crippen molar-refractivity contribution in [3.63, 3.8) is 0 Å². The molecule has 4 rings (SSSR count). The number of carbonyl (C=O) groups is 1. The number of aromatic nitrogens is 1. The number of benzene rings is 2. The predicted octanol–water partition coefficient (Wildman–Crippen LogP) is 3.48. The van der Waals surface area contributed by atoms with Crippen LogP contribution in [-0.2, 0) is 4.74 Å². The molecule has 1 aromatic heterocycles. The molecule has 27 heavy (non-hydrogen) atoms. The molecule has 7 heteroatoms. The number of nitrogens with zero attached hydrogens (tertiary/aromatic N) is 2. The van der Waals surface area contributed by atoms with Crippen LogP contribution >= 0.6 is 11.3 Å². The Balaban J connectivity index is 1.43. The number of carbonyl (C=O) groups excluding carboxylic acids is 1. The topological polar surface area (TPSA) is 80.5 Å². The lowest BCUT2D eigenvalue weighted by Gasteiger charge is -2.28. The molecule has 0 atom stereocenters. The van der Waals surface area contributed by atoms with Crippen LogP contribution in [0.15, 0.2) is 53.9 Å². The molecule has 0 saturated carbocycles. The summed E-state index contributed by atoms with van der Waals surface area (Å²) >= 11 is 1.43. The number of nitrogen functional groups attached to an aromatic ring is 1. The zero-order valence-electron chi connectivity index (χ0n) is 14.7. The number of hydrogen-bond acceptors (Lipinski definition) is 6. The van der Waals surface area contributed by atoms with Crippen LogP contribution in [0.5, 0.6) is 0 Å². The molecule has 0 spiro atoms. The number of thiazole rings is 1. The smallest absolute Gasteiger partial charge is 0.275 e. The van der Waals surface area contributed by atoms with Crippen LogP contribution in [-0.4, -0.2) is 37.2 Å². The maximum atomic E-state index is 12.5. The van der Waals surface area contributed by atoms with Crippen molar-refractivity contribution in [1.29, 1.82) is 0 Å². The van der Waals surface area contributed by atoms with E-state index >= 15 is 0 Å². The van der Waals surface area contributed by atoms with Gasteiger partial charge in [-0.25, -0.2) is 4.98 Å². The maximum Gasteiger partial charge on any atom is 0.275 e. The van der Waals surface area contributed by atoms with E-state index in [2.05, 4.69) is 15.2 Å². The summed E-state index contributed by atoms with van der Waals surface area (Å²) in [6.45, 7) is 3.27. The van der Waals surface area contributed by atoms with Gasteiger partial charge in [-0.1, -0.05) is 12.1 Å². The fraction of sp³-hybridized carbons (Fsp3) is 0.200. The molecule has 138 valence electrons. The van der Waals surface area contributed by atoms with E-state index in [9.17, 15) is 4.79 Å². The third-order valence-electron chi connectivity index (χ3n) is 4.37. The number of anilines is 3. The van der Waals surface area contributed by atoms with Crippen molar-refractivity contribution in [2.24, 2.45) is 0 Å². The Morgan fingerprint density at radius 3 is 2.67 bits per heavy atom. The minimum Gasteiger partial charge on any atom is -0.399 e. The molecule has 3 aromatic rings. The van der Waals surface area contributed by atoms with E-state index in [1.54, 1.807) is 5.38 Å². The number of morpholine rings is 1. The predicted molar refractivity (Wildman–Crippen MR) is 109 cm³/mol. The fourth-order valence-electron chi connectivity index (χ4n) is 2.95. The Labute approximate surface area is 161 Å². The maximum absolute atomic E-state index is 12.5. The summed E-state index contributed by atoms with van der Waals surface area (Å²) in [5, 5.41) is 5.43. The summed E-state index contributed by atoms with van der Waals surface area (Å²) < 4.78 is 5.38. The normalized spacial score (nSPS) is 14.1. The van der Waals surface area contributed by atoms with Crippen molar-refractivity contribution in [2.45, 2.75) is 0 Å². The molecule has 1 amide bonds.